The predicted octanol–water partition coefficient (Wildman–Crippen LogP) is 3.52. The number of halogens is 1. The molecule has 2 aromatic heterocycles. The number of pyridine rings is 1. The number of anilines is 1. The highest BCUT2D eigenvalue weighted by atomic mass is 79.9. The summed E-state index contributed by atoms with van der Waals surface area (Å²) in [7, 11) is 0. The van der Waals surface area contributed by atoms with E-state index >= 15 is 0 Å². The molecule has 0 saturated heterocycles. The van der Waals surface area contributed by atoms with Gasteiger partial charge in [0.1, 0.15) is 11.6 Å². The summed E-state index contributed by atoms with van der Waals surface area (Å²) in [4.78, 5) is 16.1. The summed E-state index contributed by atoms with van der Waals surface area (Å²) in [6, 6.07) is 3.52. The summed E-state index contributed by atoms with van der Waals surface area (Å²) >= 11 is 3.36. The number of nitrogens with one attached hydrogen (secondary N) is 1. The molecule has 0 aliphatic rings. The average molecular weight is 324 g/mol. The Morgan fingerprint density at radius 2 is 2.16 bits per heavy atom. The van der Waals surface area contributed by atoms with Crippen LogP contribution in [0, 0.1) is 6.92 Å². The molecule has 0 aromatic carbocycles. The van der Waals surface area contributed by atoms with E-state index in [1.54, 1.807) is 12.3 Å². The van der Waals surface area contributed by atoms with Crippen molar-refractivity contribution in [3.05, 3.63) is 39.8 Å². The number of amides is 1. The first-order valence-corrected chi connectivity index (χ1v) is 6.66. The van der Waals surface area contributed by atoms with Gasteiger partial charge in [0.15, 0.2) is 5.69 Å². The summed E-state index contributed by atoms with van der Waals surface area (Å²) in [5.41, 5.74) is 1.26. The fourth-order valence-electron chi connectivity index (χ4n) is 1.47. The first-order valence-electron chi connectivity index (χ1n) is 5.87. The van der Waals surface area contributed by atoms with Gasteiger partial charge in [-0.3, -0.25) is 4.79 Å². The molecular weight excluding hydrogens is 310 g/mol. The van der Waals surface area contributed by atoms with Gasteiger partial charge in [-0.05, 0) is 34.5 Å². The van der Waals surface area contributed by atoms with Crippen LogP contribution in [0.15, 0.2) is 27.3 Å². The van der Waals surface area contributed by atoms with Crippen molar-refractivity contribution < 1.29 is 9.32 Å². The van der Waals surface area contributed by atoms with Crippen molar-refractivity contribution in [3.63, 3.8) is 0 Å². The van der Waals surface area contributed by atoms with Gasteiger partial charge in [0, 0.05) is 18.2 Å². The van der Waals surface area contributed by atoms with Crippen LogP contribution in [-0.2, 0) is 0 Å². The number of rotatable bonds is 3. The molecule has 100 valence electrons. The van der Waals surface area contributed by atoms with E-state index in [2.05, 4.69) is 31.4 Å². The van der Waals surface area contributed by atoms with Crippen LogP contribution in [0.3, 0.4) is 0 Å². The van der Waals surface area contributed by atoms with Gasteiger partial charge in [0.05, 0.1) is 4.47 Å². The van der Waals surface area contributed by atoms with Crippen LogP contribution >= 0.6 is 15.9 Å². The number of nitrogens with zero attached hydrogens (tertiary/aromatic N) is 2. The van der Waals surface area contributed by atoms with E-state index < -0.39 is 0 Å². The van der Waals surface area contributed by atoms with Gasteiger partial charge >= 0.3 is 0 Å². The van der Waals surface area contributed by atoms with Crippen LogP contribution in [0.25, 0.3) is 0 Å². The highest BCUT2D eigenvalue weighted by Gasteiger charge is 2.16. The molecule has 0 atom stereocenters. The van der Waals surface area contributed by atoms with Crippen LogP contribution in [0.4, 0.5) is 5.82 Å². The highest BCUT2D eigenvalue weighted by molar-refractivity contribution is 9.10. The van der Waals surface area contributed by atoms with Crippen molar-refractivity contribution in [2.75, 3.05) is 5.32 Å². The van der Waals surface area contributed by atoms with Gasteiger partial charge in [-0.1, -0.05) is 19.0 Å². The molecule has 2 heterocycles. The molecule has 5 nitrogen and oxygen atoms in total. The molecule has 0 radical (unpaired) electrons. The second kappa shape index (κ2) is 5.52. The minimum absolute atomic E-state index is 0.193. The lowest BCUT2D eigenvalue weighted by Crippen LogP contribution is -2.13. The maximum atomic E-state index is 12.0. The topological polar surface area (TPSA) is 68.0 Å². The van der Waals surface area contributed by atoms with E-state index in [0.29, 0.717) is 11.6 Å². The second-order valence-electron chi connectivity index (χ2n) is 4.57. The van der Waals surface area contributed by atoms with E-state index in [9.17, 15) is 4.79 Å². The largest absolute Gasteiger partial charge is 0.360 e. The lowest BCUT2D eigenvalue weighted by atomic mass is 10.1. The molecule has 1 amide bonds. The van der Waals surface area contributed by atoms with Crippen molar-refractivity contribution in [2.45, 2.75) is 26.7 Å². The monoisotopic (exact) mass is 323 g/mol. The number of carbonyl (C=O) groups excluding carboxylic acids is 1. The Labute approximate surface area is 119 Å². The number of carbonyl (C=O) groups is 1. The minimum atomic E-state index is -0.340. The Morgan fingerprint density at radius 3 is 2.74 bits per heavy atom. The zero-order chi connectivity index (χ0) is 14.0. The Kier molecular flexibility index (Phi) is 3.99. The van der Waals surface area contributed by atoms with Crippen LogP contribution in [0.5, 0.6) is 0 Å². The van der Waals surface area contributed by atoms with E-state index in [4.69, 9.17) is 4.52 Å². The van der Waals surface area contributed by atoms with E-state index in [0.717, 1.165) is 10.0 Å². The van der Waals surface area contributed by atoms with Crippen molar-refractivity contribution in [2.24, 2.45) is 0 Å². The molecule has 19 heavy (non-hydrogen) atoms. The van der Waals surface area contributed by atoms with Crippen molar-refractivity contribution >= 4 is 27.7 Å². The first kappa shape index (κ1) is 13.7. The van der Waals surface area contributed by atoms with Crippen LogP contribution in [0.2, 0.25) is 0 Å². The molecule has 2 aromatic rings. The zero-order valence-electron chi connectivity index (χ0n) is 10.9. The third kappa shape index (κ3) is 3.20. The Hall–Kier alpha value is -1.69. The maximum absolute atomic E-state index is 12.0. The molecule has 0 saturated carbocycles. The smallest absolute Gasteiger partial charge is 0.279 e. The molecule has 0 fully saturated rings. The van der Waals surface area contributed by atoms with Gasteiger partial charge in [-0.2, -0.15) is 0 Å². The van der Waals surface area contributed by atoms with Gasteiger partial charge in [-0.25, -0.2) is 4.98 Å². The predicted molar refractivity (Wildman–Crippen MR) is 75.2 cm³/mol. The van der Waals surface area contributed by atoms with Gasteiger partial charge in [-0.15, -0.1) is 0 Å². The van der Waals surface area contributed by atoms with Gasteiger partial charge in [0.25, 0.3) is 5.91 Å². The molecule has 0 aliphatic heterocycles. The molecule has 0 aliphatic carbocycles. The molecular formula is C13H14BrN3O2. The van der Waals surface area contributed by atoms with Crippen molar-refractivity contribution in [1.82, 2.24) is 10.1 Å². The number of aryl methyl sites for hydroxylation is 1. The Morgan fingerprint density at radius 1 is 1.42 bits per heavy atom. The zero-order valence-corrected chi connectivity index (χ0v) is 12.5. The molecule has 0 spiro atoms. The SMILES string of the molecule is Cc1cnc(NC(=O)c2cc(C(C)C)on2)c(Br)c1. The second-order valence-corrected chi connectivity index (χ2v) is 5.42. The lowest BCUT2D eigenvalue weighted by molar-refractivity contribution is 0.101. The van der Waals surface area contributed by atoms with Crippen LogP contribution < -0.4 is 5.32 Å². The average Bonchev–Trinajstić information content (AvgIpc) is 2.82. The third-order valence-electron chi connectivity index (χ3n) is 2.54. The lowest BCUT2D eigenvalue weighted by Gasteiger charge is -2.04. The molecule has 1 N–H and O–H groups in total. The summed E-state index contributed by atoms with van der Waals surface area (Å²) in [6.07, 6.45) is 1.68. The molecule has 0 bridgehead atoms. The van der Waals surface area contributed by atoms with Crippen molar-refractivity contribution in [1.29, 1.82) is 0 Å². The molecule has 2 rings (SSSR count). The minimum Gasteiger partial charge on any atom is -0.360 e. The quantitative estimate of drug-likeness (QED) is 0.938. The van der Waals surface area contributed by atoms with E-state index in [1.807, 2.05) is 26.8 Å². The standard InChI is InChI=1S/C13H14BrN3O2/c1-7(2)11-5-10(17-19-11)13(18)16-12-9(14)4-8(3)6-15-12/h4-7H,1-3H3,(H,15,16,18). The summed E-state index contributed by atoms with van der Waals surface area (Å²) in [5.74, 6) is 0.997. The van der Waals surface area contributed by atoms with E-state index in [1.165, 1.54) is 0 Å². The Balaban J connectivity index is 2.16. The summed E-state index contributed by atoms with van der Waals surface area (Å²) < 4.78 is 5.82. The highest BCUT2D eigenvalue weighted by Crippen LogP contribution is 2.21. The van der Waals surface area contributed by atoms with E-state index in [-0.39, 0.29) is 17.5 Å². The fourth-order valence-corrected chi connectivity index (χ4v) is 2.03. The summed E-state index contributed by atoms with van der Waals surface area (Å²) in [6.45, 7) is 5.87. The number of hydrogen-bond donors (Lipinski definition) is 1. The number of aromatic nitrogens is 2. The number of hydrogen-bond acceptors (Lipinski definition) is 4. The van der Waals surface area contributed by atoms with Gasteiger partial charge in [0.2, 0.25) is 0 Å². The van der Waals surface area contributed by atoms with Crippen LogP contribution in [-0.4, -0.2) is 16.0 Å². The van der Waals surface area contributed by atoms with Crippen LogP contribution in [0.1, 0.15) is 41.6 Å². The Bertz CT molecular complexity index is 608. The molecule has 6 heteroatoms. The normalized spacial score (nSPS) is 10.8. The maximum Gasteiger partial charge on any atom is 0.279 e. The fraction of sp³-hybridized carbons (Fsp3) is 0.308. The van der Waals surface area contributed by atoms with Crippen molar-refractivity contribution in [3.8, 4) is 0 Å². The third-order valence-corrected chi connectivity index (χ3v) is 3.14. The summed E-state index contributed by atoms with van der Waals surface area (Å²) in [5, 5.41) is 6.44. The molecule has 0 unspecified atom stereocenters. The van der Waals surface area contributed by atoms with Gasteiger partial charge < -0.3 is 9.84 Å². The first-order chi connectivity index (χ1) is 8.97.